The second-order valence-corrected chi connectivity index (χ2v) is 3.83. The molecule has 0 atom stereocenters. The number of ether oxygens (including phenoxy) is 2. The highest BCUT2D eigenvalue weighted by molar-refractivity contribution is 6.33. The molecule has 0 radical (unpaired) electrons. The molecule has 0 fully saturated rings. The van der Waals surface area contributed by atoms with Gasteiger partial charge in [0.05, 0.1) is 36.6 Å². The van der Waals surface area contributed by atoms with E-state index in [0.717, 1.165) is 0 Å². The molecule has 0 spiro atoms. The van der Waals surface area contributed by atoms with E-state index < -0.39 is 0 Å². The van der Waals surface area contributed by atoms with Crippen LogP contribution in [-0.2, 0) is 0 Å². The molecule has 0 aliphatic rings. The van der Waals surface area contributed by atoms with Crippen molar-refractivity contribution in [1.82, 2.24) is 5.16 Å². The van der Waals surface area contributed by atoms with Crippen LogP contribution in [0.2, 0.25) is 5.02 Å². The van der Waals surface area contributed by atoms with Crippen LogP contribution in [0.4, 0.5) is 5.88 Å². The lowest BCUT2D eigenvalue weighted by atomic mass is 10.1. The van der Waals surface area contributed by atoms with Gasteiger partial charge in [-0.15, -0.1) is 0 Å². The minimum Gasteiger partial charge on any atom is -0.506 e. The second-order valence-electron chi connectivity index (χ2n) is 3.42. The Kier molecular flexibility index (Phi) is 3.20. The number of hydrogen-bond acceptors (Lipinski definition) is 6. The maximum Gasteiger partial charge on any atom is 0.230 e. The second kappa shape index (κ2) is 4.66. The molecule has 0 saturated carbocycles. The molecule has 96 valence electrons. The zero-order valence-corrected chi connectivity index (χ0v) is 10.5. The SMILES string of the molecule is COc1cc(Cl)c(O)c(-c2cnoc2N)c1OC. The van der Waals surface area contributed by atoms with Crippen LogP contribution in [0.25, 0.3) is 11.1 Å². The summed E-state index contributed by atoms with van der Waals surface area (Å²) in [5.74, 6) is 0.544. The van der Waals surface area contributed by atoms with Crippen molar-refractivity contribution in [3.63, 3.8) is 0 Å². The molecular weight excluding hydrogens is 260 g/mol. The predicted molar refractivity (Wildman–Crippen MR) is 66.1 cm³/mol. The van der Waals surface area contributed by atoms with E-state index in [2.05, 4.69) is 5.16 Å². The number of phenols is 1. The number of hydrogen-bond donors (Lipinski definition) is 2. The van der Waals surface area contributed by atoms with Crippen LogP contribution >= 0.6 is 11.6 Å². The van der Waals surface area contributed by atoms with Gasteiger partial charge in [-0.1, -0.05) is 16.8 Å². The number of nitrogen functional groups attached to an aromatic ring is 1. The molecule has 2 aromatic rings. The van der Waals surface area contributed by atoms with E-state index in [-0.39, 0.29) is 22.2 Å². The molecule has 0 aliphatic heterocycles. The first-order chi connectivity index (χ1) is 8.60. The van der Waals surface area contributed by atoms with Crippen molar-refractivity contribution >= 4 is 17.5 Å². The summed E-state index contributed by atoms with van der Waals surface area (Å²) in [6.45, 7) is 0. The molecule has 0 amide bonds. The average Bonchev–Trinajstić information content (AvgIpc) is 2.78. The molecule has 2 rings (SSSR count). The number of nitrogens with zero attached hydrogens (tertiary/aromatic N) is 1. The number of anilines is 1. The monoisotopic (exact) mass is 270 g/mol. The predicted octanol–water partition coefficient (Wildman–Crippen LogP) is 2.30. The Hall–Kier alpha value is -2.08. The van der Waals surface area contributed by atoms with Gasteiger partial charge in [-0.3, -0.25) is 0 Å². The van der Waals surface area contributed by atoms with Gasteiger partial charge in [-0.25, -0.2) is 0 Å². The van der Waals surface area contributed by atoms with Gasteiger partial charge < -0.3 is 24.8 Å². The highest BCUT2D eigenvalue weighted by atomic mass is 35.5. The fourth-order valence-corrected chi connectivity index (χ4v) is 1.83. The van der Waals surface area contributed by atoms with Gasteiger partial charge >= 0.3 is 0 Å². The van der Waals surface area contributed by atoms with Crippen LogP contribution in [0.1, 0.15) is 0 Å². The summed E-state index contributed by atoms with van der Waals surface area (Å²) in [6.07, 6.45) is 1.36. The minimum atomic E-state index is -0.177. The molecule has 0 saturated heterocycles. The van der Waals surface area contributed by atoms with Gasteiger partial charge in [-0.2, -0.15) is 0 Å². The van der Waals surface area contributed by atoms with Crippen LogP contribution in [0, 0.1) is 0 Å². The summed E-state index contributed by atoms with van der Waals surface area (Å²) in [7, 11) is 2.91. The van der Waals surface area contributed by atoms with E-state index in [9.17, 15) is 5.11 Å². The van der Waals surface area contributed by atoms with E-state index >= 15 is 0 Å². The number of benzene rings is 1. The van der Waals surface area contributed by atoms with E-state index in [0.29, 0.717) is 17.1 Å². The molecule has 1 aromatic heterocycles. The summed E-state index contributed by atoms with van der Waals surface area (Å²) < 4.78 is 15.1. The zero-order valence-electron chi connectivity index (χ0n) is 9.73. The number of aromatic nitrogens is 1. The first kappa shape index (κ1) is 12.4. The highest BCUT2D eigenvalue weighted by Crippen LogP contribution is 2.49. The Labute approximate surface area is 108 Å². The van der Waals surface area contributed by atoms with Crippen molar-refractivity contribution in [2.45, 2.75) is 0 Å². The third-order valence-corrected chi connectivity index (χ3v) is 2.75. The van der Waals surface area contributed by atoms with Crippen molar-refractivity contribution < 1.29 is 19.1 Å². The van der Waals surface area contributed by atoms with Crippen LogP contribution in [-0.4, -0.2) is 24.5 Å². The zero-order chi connectivity index (χ0) is 13.3. The third-order valence-electron chi connectivity index (χ3n) is 2.46. The summed E-state index contributed by atoms with van der Waals surface area (Å²) >= 11 is 5.92. The summed E-state index contributed by atoms with van der Waals surface area (Å²) in [5.41, 5.74) is 6.29. The van der Waals surface area contributed by atoms with Crippen LogP contribution < -0.4 is 15.2 Å². The molecule has 0 unspecified atom stereocenters. The van der Waals surface area contributed by atoms with Crippen molar-refractivity contribution in [3.8, 4) is 28.4 Å². The standard InChI is InChI=1S/C11H11ClN2O4/c1-16-7-3-6(12)9(15)8(10(7)17-2)5-4-14-18-11(5)13/h3-4,15H,13H2,1-2H3. The Morgan fingerprint density at radius 3 is 2.61 bits per heavy atom. The minimum absolute atomic E-state index is 0.0490. The van der Waals surface area contributed by atoms with E-state index in [4.69, 9.17) is 31.3 Å². The Balaban J connectivity index is 2.79. The van der Waals surface area contributed by atoms with E-state index in [1.165, 1.54) is 26.5 Å². The molecule has 18 heavy (non-hydrogen) atoms. The largest absolute Gasteiger partial charge is 0.506 e. The van der Waals surface area contributed by atoms with Gasteiger partial charge in [-0.05, 0) is 0 Å². The summed E-state index contributed by atoms with van der Waals surface area (Å²) in [6, 6.07) is 1.45. The van der Waals surface area contributed by atoms with Crippen molar-refractivity contribution in [3.05, 3.63) is 17.3 Å². The third kappa shape index (κ3) is 1.80. The Morgan fingerprint density at radius 1 is 1.39 bits per heavy atom. The quantitative estimate of drug-likeness (QED) is 0.889. The maximum absolute atomic E-state index is 10.0. The Morgan fingerprint density at radius 2 is 2.11 bits per heavy atom. The lowest BCUT2D eigenvalue weighted by Gasteiger charge is -2.14. The fourth-order valence-electron chi connectivity index (χ4n) is 1.64. The van der Waals surface area contributed by atoms with Gasteiger partial charge in [0.15, 0.2) is 11.5 Å². The topological polar surface area (TPSA) is 90.7 Å². The van der Waals surface area contributed by atoms with Gasteiger partial charge in [0.25, 0.3) is 0 Å². The number of methoxy groups -OCH3 is 2. The van der Waals surface area contributed by atoms with Crippen molar-refractivity contribution in [1.29, 1.82) is 0 Å². The fraction of sp³-hybridized carbons (Fsp3) is 0.182. The Bertz CT molecular complexity index is 583. The molecule has 0 bridgehead atoms. The number of aromatic hydroxyl groups is 1. The van der Waals surface area contributed by atoms with Crippen LogP contribution in [0.5, 0.6) is 17.2 Å². The van der Waals surface area contributed by atoms with E-state index in [1.807, 2.05) is 0 Å². The van der Waals surface area contributed by atoms with Crippen LogP contribution in [0.3, 0.4) is 0 Å². The number of nitrogens with two attached hydrogens (primary N) is 1. The van der Waals surface area contributed by atoms with Crippen LogP contribution in [0.15, 0.2) is 16.8 Å². The van der Waals surface area contributed by atoms with Gasteiger partial charge in [0.1, 0.15) is 5.75 Å². The first-order valence-electron chi connectivity index (χ1n) is 4.94. The number of halogens is 1. The first-order valence-corrected chi connectivity index (χ1v) is 5.31. The van der Waals surface area contributed by atoms with Gasteiger partial charge in [0, 0.05) is 6.07 Å². The molecular formula is C11H11ClN2O4. The van der Waals surface area contributed by atoms with Crippen molar-refractivity contribution in [2.75, 3.05) is 20.0 Å². The molecule has 0 aliphatic carbocycles. The lowest BCUT2D eigenvalue weighted by molar-refractivity contribution is 0.353. The normalized spacial score (nSPS) is 10.4. The molecule has 7 heteroatoms. The maximum atomic E-state index is 10.0. The molecule has 1 aromatic carbocycles. The highest BCUT2D eigenvalue weighted by Gasteiger charge is 2.23. The van der Waals surface area contributed by atoms with Crippen molar-refractivity contribution in [2.24, 2.45) is 0 Å². The van der Waals surface area contributed by atoms with Gasteiger partial charge in [0.2, 0.25) is 5.88 Å². The summed E-state index contributed by atoms with van der Waals surface area (Å²) in [4.78, 5) is 0. The lowest BCUT2D eigenvalue weighted by Crippen LogP contribution is -1.95. The average molecular weight is 271 g/mol. The number of rotatable bonds is 3. The molecule has 6 nitrogen and oxygen atoms in total. The molecule has 3 N–H and O–H groups in total. The molecule has 1 heterocycles. The van der Waals surface area contributed by atoms with E-state index in [1.54, 1.807) is 0 Å². The smallest absolute Gasteiger partial charge is 0.230 e. The number of phenolic OH excluding ortho intramolecular Hbond substituents is 1. The summed E-state index contributed by atoms with van der Waals surface area (Å²) in [5, 5.41) is 13.7.